The highest BCUT2D eigenvalue weighted by atomic mass is 127. The fourth-order valence-electron chi connectivity index (χ4n) is 1.41. The molecule has 1 heterocycles. The van der Waals surface area contributed by atoms with E-state index >= 15 is 0 Å². The summed E-state index contributed by atoms with van der Waals surface area (Å²) in [6.45, 7) is 0.646. The Balaban J connectivity index is 2.42. The van der Waals surface area contributed by atoms with Crippen LogP contribution in [0, 0.1) is 3.57 Å². The van der Waals surface area contributed by atoms with Crippen molar-refractivity contribution in [3.63, 3.8) is 0 Å². The average Bonchev–Trinajstić information content (AvgIpc) is 2.04. The molecule has 0 saturated heterocycles. The summed E-state index contributed by atoms with van der Waals surface area (Å²) < 4.78 is 6.71. The van der Waals surface area contributed by atoms with E-state index in [1.165, 1.54) is 9.13 Å². The van der Waals surface area contributed by atoms with Crippen molar-refractivity contribution in [2.75, 3.05) is 6.61 Å². The number of hydrogen-bond acceptors (Lipinski definition) is 2. The second kappa shape index (κ2) is 3.22. The first-order chi connectivity index (χ1) is 5.77. The lowest BCUT2D eigenvalue weighted by Gasteiger charge is -2.23. The maximum atomic E-state index is 5.77. The van der Waals surface area contributed by atoms with E-state index in [0.29, 0.717) is 6.61 Å². The molecule has 0 saturated carbocycles. The van der Waals surface area contributed by atoms with E-state index in [4.69, 9.17) is 10.5 Å². The molecule has 1 aromatic rings. The summed E-state index contributed by atoms with van der Waals surface area (Å²) in [6, 6.07) is 6.34. The Morgan fingerprint density at radius 3 is 3.17 bits per heavy atom. The predicted octanol–water partition coefficient (Wildman–Crippen LogP) is 1.55. The van der Waals surface area contributed by atoms with Crippen molar-refractivity contribution in [3.8, 4) is 5.75 Å². The number of halogens is 1. The van der Waals surface area contributed by atoms with Crippen LogP contribution in [0.5, 0.6) is 5.75 Å². The molecule has 0 bridgehead atoms. The molecule has 2 N–H and O–H groups in total. The number of benzene rings is 1. The van der Waals surface area contributed by atoms with E-state index in [-0.39, 0.29) is 6.04 Å². The fourth-order valence-corrected chi connectivity index (χ4v) is 2.12. The standard InChI is InChI=1S/C9H10INO/c10-8-3-1-2-6-4-7(11)5-12-9(6)8/h1-3,7H,4-5,11H2/t7-/m1/s1. The van der Waals surface area contributed by atoms with Gasteiger partial charge in [-0.2, -0.15) is 0 Å². The van der Waals surface area contributed by atoms with Gasteiger partial charge in [0.25, 0.3) is 0 Å². The van der Waals surface area contributed by atoms with E-state index < -0.39 is 0 Å². The molecule has 0 unspecified atom stereocenters. The highest BCUT2D eigenvalue weighted by Crippen LogP contribution is 2.29. The summed E-state index contributed by atoms with van der Waals surface area (Å²) in [5.41, 5.74) is 7.01. The van der Waals surface area contributed by atoms with Gasteiger partial charge in [-0.1, -0.05) is 12.1 Å². The van der Waals surface area contributed by atoms with Crippen LogP contribution >= 0.6 is 22.6 Å². The molecule has 3 heteroatoms. The van der Waals surface area contributed by atoms with E-state index in [1.807, 2.05) is 6.07 Å². The van der Waals surface area contributed by atoms with Gasteiger partial charge in [-0.25, -0.2) is 0 Å². The molecule has 1 aromatic carbocycles. The molecule has 1 atom stereocenters. The van der Waals surface area contributed by atoms with Crippen molar-refractivity contribution in [1.29, 1.82) is 0 Å². The van der Waals surface area contributed by atoms with Gasteiger partial charge in [-0.3, -0.25) is 0 Å². The summed E-state index contributed by atoms with van der Waals surface area (Å²) in [7, 11) is 0. The van der Waals surface area contributed by atoms with Crippen LogP contribution in [0.1, 0.15) is 5.56 Å². The van der Waals surface area contributed by atoms with Crippen molar-refractivity contribution in [1.82, 2.24) is 0 Å². The molecule has 1 aliphatic rings. The van der Waals surface area contributed by atoms with Crippen LogP contribution in [0.4, 0.5) is 0 Å². The first-order valence-electron chi connectivity index (χ1n) is 3.93. The summed E-state index contributed by atoms with van der Waals surface area (Å²) >= 11 is 2.28. The minimum Gasteiger partial charge on any atom is -0.491 e. The minimum atomic E-state index is 0.163. The third kappa shape index (κ3) is 1.43. The molecule has 0 aromatic heterocycles. The van der Waals surface area contributed by atoms with Gasteiger partial charge in [-0.05, 0) is 40.6 Å². The van der Waals surface area contributed by atoms with Gasteiger partial charge in [0.05, 0.1) is 3.57 Å². The van der Waals surface area contributed by atoms with Crippen molar-refractivity contribution >= 4 is 22.6 Å². The first-order valence-corrected chi connectivity index (χ1v) is 5.01. The van der Waals surface area contributed by atoms with Crippen molar-refractivity contribution < 1.29 is 4.74 Å². The molecule has 64 valence electrons. The molecule has 0 aliphatic carbocycles. The van der Waals surface area contributed by atoms with Crippen molar-refractivity contribution in [3.05, 3.63) is 27.3 Å². The molecular weight excluding hydrogens is 265 g/mol. The molecule has 12 heavy (non-hydrogen) atoms. The number of rotatable bonds is 0. The van der Waals surface area contributed by atoms with Crippen LogP contribution in [0.3, 0.4) is 0 Å². The maximum Gasteiger partial charge on any atom is 0.135 e. The molecule has 0 fully saturated rings. The lowest BCUT2D eigenvalue weighted by molar-refractivity contribution is 0.261. The third-order valence-electron chi connectivity index (χ3n) is 1.97. The molecule has 0 spiro atoms. The van der Waals surface area contributed by atoms with Gasteiger partial charge in [0.2, 0.25) is 0 Å². The molecule has 0 amide bonds. The fraction of sp³-hybridized carbons (Fsp3) is 0.333. The normalized spacial score (nSPS) is 21.3. The smallest absolute Gasteiger partial charge is 0.135 e. The largest absolute Gasteiger partial charge is 0.491 e. The predicted molar refractivity (Wildman–Crippen MR) is 56.3 cm³/mol. The monoisotopic (exact) mass is 275 g/mol. The van der Waals surface area contributed by atoms with E-state index in [0.717, 1.165) is 12.2 Å². The van der Waals surface area contributed by atoms with Gasteiger partial charge < -0.3 is 10.5 Å². The van der Waals surface area contributed by atoms with Crippen LogP contribution in [0.2, 0.25) is 0 Å². The zero-order chi connectivity index (χ0) is 8.55. The Morgan fingerprint density at radius 2 is 2.33 bits per heavy atom. The van der Waals surface area contributed by atoms with Gasteiger partial charge >= 0.3 is 0 Å². The average molecular weight is 275 g/mol. The molecule has 2 nitrogen and oxygen atoms in total. The third-order valence-corrected chi connectivity index (χ3v) is 2.82. The van der Waals surface area contributed by atoms with Crippen LogP contribution < -0.4 is 10.5 Å². The Hall–Kier alpha value is -0.290. The molecule has 0 radical (unpaired) electrons. The zero-order valence-electron chi connectivity index (χ0n) is 6.59. The summed E-state index contributed by atoms with van der Waals surface area (Å²) in [6.07, 6.45) is 0.937. The van der Waals surface area contributed by atoms with Crippen LogP contribution in [-0.2, 0) is 6.42 Å². The summed E-state index contributed by atoms with van der Waals surface area (Å²) in [5, 5.41) is 0. The van der Waals surface area contributed by atoms with Crippen molar-refractivity contribution in [2.24, 2.45) is 5.73 Å². The van der Waals surface area contributed by atoms with Crippen molar-refractivity contribution in [2.45, 2.75) is 12.5 Å². The molecule has 1 aliphatic heterocycles. The second-order valence-corrected chi connectivity index (χ2v) is 4.17. The van der Waals surface area contributed by atoms with Crippen LogP contribution in [-0.4, -0.2) is 12.6 Å². The Morgan fingerprint density at radius 1 is 1.50 bits per heavy atom. The highest BCUT2D eigenvalue weighted by molar-refractivity contribution is 14.1. The molecular formula is C9H10INO. The van der Waals surface area contributed by atoms with Gasteiger partial charge in [0.15, 0.2) is 0 Å². The Kier molecular flexibility index (Phi) is 2.23. The number of fused-ring (bicyclic) bond motifs is 1. The summed E-state index contributed by atoms with van der Waals surface area (Å²) in [5.74, 6) is 1.03. The zero-order valence-corrected chi connectivity index (χ0v) is 8.74. The second-order valence-electron chi connectivity index (χ2n) is 3.00. The van der Waals surface area contributed by atoms with E-state index in [9.17, 15) is 0 Å². The van der Waals surface area contributed by atoms with Gasteiger partial charge in [0, 0.05) is 6.04 Å². The molecule has 2 rings (SSSR count). The number of ether oxygens (including phenoxy) is 1. The lowest BCUT2D eigenvalue weighted by Crippen LogP contribution is -2.34. The van der Waals surface area contributed by atoms with Gasteiger partial charge in [0.1, 0.15) is 12.4 Å². The topological polar surface area (TPSA) is 35.2 Å². The van der Waals surface area contributed by atoms with E-state index in [1.54, 1.807) is 0 Å². The summed E-state index contributed by atoms with van der Waals surface area (Å²) in [4.78, 5) is 0. The number of hydrogen-bond donors (Lipinski definition) is 1. The SMILES string of the molecule is N[C@H]1COc2c(I)cccc2C1. The first kappa shape index (κ1) is 8.31. The van der Waals surface area contributed by atoms with Gasteiger partial charge in [-0.15, -0.1) is 0 Å². The quantitative estimate of drug-likeness (QED) is 0.729. The van der Waals surface area contributed by atoms with Crippen LogP contribution in [0.25, 0.3) is 0 Å². The Labute approximate surface area is 85.2 Å². The number of nitrogens with two attached hydrogens (primary N) is 1. The number of para-hydroxylation sites is 1. The highest BCUT2D eigenvalue weighted by Gasteiger charge is 2.17. The maximum absolute atomic E-state index is 5.77. The van der Waals surface area contributed by atoms with Crippen LogP contribution in [0.15, 0.2) is 18.2 Å². The van der Waals surface area contributed by atoms with E-state index in [2.05, 4.69) is 34.7 Å². The Bertz CT molecular complexity index is 301. The lowest BCUT2D eigenvalue weighted by atomic mass is 10.0. The minimum absolute atomic E-state index is 0.163.